The van der Waals surface area contributed by atoms with E-state index in [0.29, 0.717) is 22.9 Å². The molecule has 2 aromatic carbocycles. The van der Waals surface area contributed by atoms with Crippen LogP contribution in [0, 0.1) is 0 Å². The minimum Gasteiger partial charge on any atom is -0.497 e. The first-order valence-corrected chi connectivity index (χ1v) is 8.08. The number of para-hydroxylation sites is 1. The molecule has 0 amide bonds. The van der Waals surface area contributed by atoms with Crippen LogP contribution in [-0.2, 0) is 11.2 Å². The van der Waals surface area contributed by atoms with E-state index < -0.39 is 5.97 Å². The van der Waals surface area contributed by atoms with Crippen molar-refractivity contribution in [1.29, 1.82) is 0 Å². The van der Waals surface area contributed by atoms with Crippen molar-refractivity contribution in [2.24, 2.45) is 0 Å². The van der Waals surface area contributed by atoms with Crippen LogP contribution < -0.4 is 10.2 Å². The first-order valence-electron chi connectivity index (χ1n) is 8.08. The highest BCUT2D eigenvalue weighted by Crippen LogP contribution is 2.18. The van der Waals surface area contributed by atoms with Crippen LogP contribution >= 0.6 is 0 Å². The lowest BCUT2D eigenvalue weighted by Gasteiger charge is -2.11. The summed E-state index contributed by atoms with van der Waals surface area (Å²) < 4.78 is 10.3. The fraction of sp³-hybridized carbons (Fsp3) is 0.200. The van der Waals surface area contributed by atoms with Gasteiger partial charge in [-0.1, -0.05) is 24.3 Å². The highest BCUT2D eigenvalue weighted by atomic mass is 16.5. The Kier molecular flexibility index (Phi) is 4.84. The minimum atomic E-state index is -0.520. The van der Waals surface area contributed by atoms with Gasteiger partial charge in [0.15, 0.2) is 5.43 Å². The maximum Gasteiger partial charge on any atom is 0.355 e. The lowest BCUT2D eigenvalue weighted by molar-refractivity contribution is 0.0518. The molecule has 0 saturated carbocycles. The molecule has 0 unspecified atom stereocenters. The van der Waals surface area contributed by atoms with Gasteiger partial charge < -0.3 is 14.5 Å². The quantitative estimate of drug-likeness (QED) is 0.725. The summed E-state index contributed by atoms with van der Waals surface area (Å²) in [4.78, 5) is 28.3. The van der Waals surface area contributed by atoms with E-state index >= 15 is 0 Å². The number of esters is 1. The number of pyridine rings is 1. The van der Waals surface area contributed by atoms with Gasteiger partial charge >= 0.3 is 5.97 Å². The molecule has 0 aliphatic heterocycles. The number of fused-ring (bicyclic) bond motifs is 1. The van der Waals surface area contributed by atoms with Gasteiger partial charge in [-0.05, 0) is 36.8 Å². The van der Waals surface area contributed by atoms with Crippen LogP contribution in [0.25, 0.3) is 10.9 Å². The van der Waals surface area contributed by atoms with Gasteiger partial charge in [-0.15, -0.1) is 0 Å². The molecule has 0 bridgehead atoms. The van der Waals surface area contributed by atoms with E-state index in [4.69, 9.17) is 9.47 Å². The normalized spacial score (nSPS) is 10.6. The number of aromatic amines is 1. The van der Waals surface area contributed by atoms with Gasteiger partial charge in [-0.3, -0.25) is 4.79 Å². The first kappa shape index (κ1) is 16.8. The number of benzene rings is 2. The topological polar surface area (TPSA) is 68.4 Å². The third-order valence-corrected chi connectivity index (χ3v) is 4.03. The summed E-state index contributed by atoms with van der Waals surface area (Å²) in [7, 11) is 1.60. The number of carbonyl (C=O) groups excluding carboxylic acids is 1. The van der Waals surface area contributed by atoms with Crippen LogP contribution in [0.3, 0.4) is 0 Å². The standard InChI is InChI=1S/C20H19NO4/c1-3-25-20(23)18-16(12-13-8-10-14(24-2)11-9-13)19(22)15-6-4-5-7-17(15)21-18/h4-11H,3,12H2,1-2H3,(H,21,22). The number of hydrogen-bond acceptors (Lipinski definition) is 4. The number of methoxy groups -OCH3 is 1. The predicted molar refractivity (Wildman–Crippen MR) is 96.3 cm³/mol. The second-order valence-corrected chi connectivity index (χ2v) is 5.60. The Labute approximate surface area is 145 Å². The lowest BCUT2D eigenvalue weighted by atomic mass is 10.0. The van der Waals surface area contributed by atoms with Gasteiger partial charge in [-0.25, -0.2) is 4.79 Å². The number of rotatable bonds is 5. The Morgan fingerprint density at radius 3 is 2.48 bits per heavy atom. The number of aromatic nitrogens is 1. The number of ether oxygens (including phenoxy) is 2. The molecule has 0 aliphatic carbocycles. The van der Waals surface area contributed by atoms with E-state index in [0.717, 1.165) is 11.3 Å². The number of hydrogen-bond donors (Lipinski definition) is 1. The fourth-order valence-electron chi connectivity index (χ4n) is 2.77. The smallest absolute Gasteiger partial charge is 0.355 e. The molecule has 1 aromatic heterocycles. The summed E-state index contributed by atoms with van der Waals surface area (Å²) in [5.41, 5.74) is 1.98. The largest absolute Gasteiger partial charge is 0.497 e. The Bertz CT molecular complexity index is 958. The SMILES string of the molecule is CCOC(=O)c1[nH]c2ccccc2c(=O)c1Cc1ccc(OC)cc1. The van der Waals surface area contributed by atoms with Crippen molar-refractivity contribution in [1.82, 2.24) is 4.98 Å². The van der Waals surface area contributed by atoms with E-state index in [2.05, 4.69) is 4.98 Å². The van der Waals surface area contributed by atoms with E-state index in [1.807, 2.05) is 30.3 Å². The molecule has 3 aromatic rings. The summed E-state index contributed by atoms with van der Waals surface area (Å²) in [6, 6.07) is 14.6. The Morgan fingerprint density at radius 2 is 1.80 bits per heavy atom. The molecule has 5 nitrogen and oxygen atoms in total. The van der Waals surface area contributed by atoms with Crippen molar-refractivity contribution in [3.05, 3.63) is 75.6 Å². The molecule has 5 heteroatoms. The lowest BCUT2D eigenvalue weighted by Crippen LogP contribution is -2.20. The molecule has 128 valence electrons. The number of H-pyrrole nitrogens is 1. The summed E-state index contributed by atoms with van der Waals surface area (Å²) in [6.45, 7) is 1.98. The van der Waals surface area contributed by atoms with Crippen LogP contribution in [-0.4, -0.2) is 24.7 Å². The van der Waals surface area contributed by atoms with E-state index in [1.54, 1.807) is 32.2 Å². The van der Waals surface area contributed by atoms with Crippen molar-refractivity contribution in [3.8, 4) is 5.75 Å². The summed E-state index contributed by atoms with van der Waals surface area (Å²) in [5.74, 6) is 0.218. The maximum absolute atomic E-state index is 12.9. The predicted octanol–water partition coefficient (Wildman–Crippen LogP) is 3.30. The second kappa shape index (κ2) is 7.21. The van der Waals surface area contributed by atoms with Gasteiger partial charge in [0.25, 0.3) is 0 Å². The zero-order valence-corrected chi connectivity index (χ0v) is 14.2. The average molecular weight is 337 g/mol. The molecule has 1 heterocycles. The van der Waals surface area contributed by atoms with Gasteiger partial charge in [-0.2, -0.15) is 0 Å². The van der Waals surface area contributed by atoms with Crippen LogP contribution in [0.15, 0.2) is 53.3 Å². The summed E-state index contributed by atoms with van der Waals surface area (Å²) >= 11 is 0. The van der Waals surface area contributed by atoms with E-state index in [1.165, 1.54) is 0 Å². The zero-order valence-electron chi connectivity index (χ0n) is 14.2. The van der Waals surface area contributed by atoms with Gasteiger partial charge in [0.2, 0.25) is 0 Å². The molecule has 3 rings (SSSR count). The third kappa shape index (κ3) is 3.40. The highest BCUT2D eigenvalue weighted by Gasteiger charge is 2.19. The van der Waals surface area contributed by atoms with Crippen LogP contribution in [0.4, 0.5) is 0 Å². The molecule has 1 N–H and O–H groups in total. The molecule has 0 aliphatic rings. The van der Waals surface area contributed by atoms with Crippen molar-refractivity contribution in [2.45, 2.75) is 13.3 Å². The monoisotopic (exact) mass is 337 g/mol. The Hall–Kier alpha value is -3.08. The zero-order chi connectivity index (χ0) is 17.8. The van der Waals surface area contributed by atoms with Crippen LogP contribution in [0.1, 0.15) is 28.5 Å². The third-order valence-electron chi connectivity index (χ3n) is 4.03. The van der Waals surface area contributed by atoms with Gasteiger partial charge in [0.05, 0.1) is 13.7 Å². The van der Waals surface area contributed by atoms with Crippen LogP contribution in [0.5, 0.6) is 5.75 Å². The Balaban J connectivity index is 2.12. The van der Waals surface area contributed by atoms with Crippen molar-refractivity contribution in [3.63, 3.8) is 0 Å². The van der Waals surface area contributed by atoms with E-state index in [-0.39, 0.29) is 17.7 Å². The molecule has 0 atom stereocenters. The molecule has 0 fully saturated rings. The molecular formula is C20H19NO4. The fourth-order valence-corrected chi connectivity index (χ4v) is 2.77. The highest BCUT2D eigenvalue weighted by molar-refractivity contribution is 5.93. The second-order valence-electron chi connectivity index (χ2n) is 5.60. The molecule has 25 heavy (non-hydrogen) atoms. The number of carbonyl (C=O) groups is 1. The molecule has 0 saturated heterocycles. The minimum absolute atomic E-state index is 0.159. The van der Waals surface area contributed by atoms with Crippen molar-refractivity contribution < 1.29 is 14.3 Å². The Morgan fingerprint density at radius 1 is 1.08 bits per heavy atom. The van der Waals surface area contributed by atoms with Gasteiger partial charge in [0, 0.05) is 22.9 Å². The first-order chi connectivity index (χ1) is 12.1. The van der Waals surface area contributed by atoms with Crippen LogP contribution in [0.2, 0.25) is 0 Å². The summed E-state index contributed by atoms with van der Waals surface area (Å²) in [6.07, 6.45) is 0.332. The van der Waals surface area contributed by atoms with Crippen molar-refractivity contribution >= 4 is 16.9 Å². The molecule has 0 spiro atoms. The van der Waals surface area contributed by atoms with Crippen molar-refractivity contribution in [2.75, 3.05) is 13.7 Å². The number of nitrogens with one attached hydrogen (secondary N) is 1. The maximum atomic E-state index is 12.9. The van der Waals surface area contributed by atoms with Gasteiger partial charge in [0.1, 0.15) is 11.4 Å². The molecule has 0 radical (unpaired) electrons. The molecular weight excluding hydrogens is 318 g/mol. The average Bonchev–Trinajstić information content (AvgIpc) is 2.64. The van der Waals surface area contributed by atoms with E-state index in [9.17, 15) is 9.59 Å². The summed E-state index contributed by atoms with van der Waals surface area (Å²) in [5, 5.41) is 0.555.